The maximum atomic E-state index is 6.29. The van der Waals surface area contributed by atoms with Crippen LogP contribution in [0, 0.1) is 0 Å². The van der Waals surface area contributed by atoms with E-state index in [0.717, 1.165) is 27.2 Å². The van der Waals surface area contributed by atoms with Gasteiger partial charge in [-0.3, -0.25) is 4.40 Å². The second-order valence-corrected chi connectivity index (χ2v) is 6.85. The Morgan fingerprint density at radius 2 is 1.95 bits per heavy atom. The van der Waals surface area contributed by atoms with Crippen molar-refractivity contribution in [3.8, 4) is 0 Å². The van der Waals surface area contributed by atoms with Gasteiger partial charge in [-0.15, -0.1) is 0 Å². The van der Waals surface area contributed by atoms with Crippen LogP contribution in [0.25, 0.3) is 11.3 Å². The van der Waals surface area contributed by atoms with E-state index in [0.29, 0.717) is 0 Å². The SMILES string of the molecule is NC1SC=C(c2cnc3ccccn23)N1c1ccc(Br)cc1. The molecule has 1 aliphatic heterocycles. The molecule has 1 unspecified atom stereocenters. The summed E-state index contributed by atoms with van der Waals surface area (Å²) in [6.45, 7) is 0. The minimum Gasteiger partial charge on any atom is -0.314 e. The average Bonchev–Trinajstić information content (AvgIpc) is 3.12. The Morgan fingerprint density at radius 3 is 2.77 bits per heavy atom. The van der Waals surface area contributed by atoms with Crippen molar-refractivity contribution in [1.82, 2.24) is 9.38 Å². The van der Waals surface area contributed by atoms with Crippen molar-refractivity contribution < 1.29 is 0 Å². The molecule has 22 heavy (non-hydrogen) atoms. The summed E-state index contributed by atoms with van der Waals surface area (Å²) in [5.41, 5.74) is 10.3. The molecule has 4 nitrogen and oxygen atoms in total. The monoisotopic (exact) mass is 372 g/mol. The Morgan fingerprint density at radius 1 is 1.14 bits per heavy atom. The van der Waals surface area contributed by atoms with E-state index < -0.39 is 0 Å². The van der Waals surface area contributed by atoms with Crippen LogP contribution >= 0.6 is 27.7 Å². The predicted octanol–water partition coefficient (Wildman–Crippen LogP) is 3.89. The van der Waals surface area contributed by atoms with Crippen LogP contribution in [0.2, 0.25) is 0 Å². The summed E-state index contributed by atoms with van der Waals surface area (Å²) < 4.78 is 3.13. The van der Waals surface area contributed by atoms with Gasteiger partial charge >= 0.3 is 0 Å². The lowest BCUT2D eigenvalue weighted by Gasteiger charge is -2.26. The van der Waals surface area contributed by atoms with E-state index in [9.17, 15) is 0 Å². The van der Waals surface area contributed by atoms with Crippen LogP contribution in [0.15, 0.2) is 64.7 Å². The van der Waals surface area contributed by atoms with Gasteiger partial charge in [0.2, 0.25) is 0 Å². The van der Waals surface area contributed by atoms with Crippen molar-refractivity contribution in [3.63, 3.8) is 0 Å². The number of pyridine rings is 1. The Bertz CT molecular complexity index is 856. The van der Waals surface area contributed by atoms with Crippen LogP contribution in [0.4, 0.5) is 5.69 Å². The molecule has 0 fully saturated rings. The van der Waals surface area contributed by atoms with Gasteiger partial charge in [0.25, 0.3) is 0 Å². The largest absolute Gasteiger partial charge is 0.314 e. The predicted molar refractivity (Wildman–Crippen MR) is 95.4 cm³/mol. The first kappa shape index (κ1) is 13.9. The van der Waals surface area contributed by atoms with E-state index in [1.54, 1.807) is 11.8 Å². The van der Waals surface area contributed by atoms with Crippen LogP contribution in [0.5, 0.6) is 0 Å². The summed E-state index contributed by atoms with van der Waals surface area (Å²) in [4.78, 5) is 6.60. The highest BCUT2D eigenvalue weighted by atomic mass is 79.9. The van der Waals surface area contributed by atoms with E-state index in [1.165, 1.54) is 0 Å². The Kier molecular flexibility index (Phi) is 3.44. The van der Waals surface area contributed by atoms with Crippen molar-refractivity contribution in [2.45, 2.75) is 5.50 Å². The van der Waals surface area contributed by atoms with Crippen molar-refractivity contribution in [3.05, 3.63) is 70.4 Å². The first-order chi connectivity index (χ1) is 10.7. The molecule has 1 aromatic carbocycles. The molecule has 0 spiro atoms. The van der Waals surface area contributed by atoms with Crippen LogP contribution in [-0.2, 0) is 0 Å². The van der Waals surface area contributed by atoms with Crippen LogP contribution in [0.3, 0.4) is 0 Å². The highest BCUT2D eigenvalue weighted by Gasteiger charge is 2.28. The second kappa shape index (κ2) is 5.46. The fraction of sp³-hybridized carbons (Fsp3) is 0.0625. The van der Waals surface area contributed by atoms with Crippen molar-refractivity contribution in [2.75, 3.05) is 4.90 Å². The van der Waals surface area contributed by atoms with Gasteiger partial charge in [0, 0.05) is 21.8 Å². The maximum absolute atomic E-state index is 6.29. The van der Waals surface area contributed by atoms with E-state index in [2.05, 4.69) is 47.8 Å². The Hall–Kier alpha value is -1.76. The molecule has 0 saturated carbocycles. The number of benzene rings is 1. The molecule has 2 aromatic heterocycles. The zero-order valence-electron chi connectivity index (χ0n) is 11.6. The van der Waals surface area contributed by atoms with Crippen molar-refractivity contribution in [2.24, 2.45) is 5.73 Å². The summed E-state index contributed by atoms with van der Waals surface area (Å²) in [5, 5.41) is 2.10. The van der Waals surface area contributed by atoms with Crippen LogP contribution in [0.1, 0.15) is 5.69 Å². The van der Waals surface area contributed by atoms with Gasteiger partial charge in [0.15, 0.2) is 0 Å². The molecule has 3 aromatic rings. The molecule has 3 heterocycles. The second-order valence-electron chi connectivity index (χ2n) is 4.95. The number of imidazole rings is 1. The third-order valence-electron chi connectivity index (χ3n) is 3.62. The first-order valence-corrected chi connectivity index (χ1v) is 8.56. The summed E-state index contributed by atoms with van der Waals surface area (Å²) in [7, 11) is 0. The van der Waals surface area contributed by atoms with Crippen molar-refractivity contribution in [1.29, 1.82) is 0 Å². The van der Waals surface area contributed by atoms with Gasteiger partial charge in [0.05, 0.1) is 17.6 Å². The molecule has 1 aliphatic rings. The Balaban J connectivity index is 1.81. The molecule has 0 radical (unpaired) electrons. The van der Waals surface area contributed by atoms with E-state index in [1.807, 2.05) is 42.7 Å². The normalized spacial score (nSPS) is 18.0. The number of fused-ring (bicyclic) bond motifs is 1. The summed E-state index contributed by atoms with van der Waals surface area (Å²) in [5.74, 6) is 0. The molecule has 4 rings (SSSR count). The number of nitrogens with two attached hydrogens (primary N) is 1. The fourth-order valence-electron chi connectivity index (χ4n) is 2.58. The molecule has 0 saturated heterocycles. The molecule has 0 bridgehead atoms. The number of hydrogen-bond donors (Lipinski definition) is 1. The lowest BCUT2D eigenvalue weighted by atomic mass is 10.2. The Labute approximate surface area is 140 Å². The third-order valence-corrected chi connectivity index (χ3v) is 5.00. The molecule has 0 aliphatic carbocycles. The van der Waals surface area contributed by atoms with Gasteiger partial charge in [-0.1, -0.05) is 33.8 Å². The number of rotatable bonds is 2. The number of aromatic nitrogens is 2. The lowest BCUT2D eigenvalue weighted by molar-refractivity contribution is 0.930. The molecule has 0 amide bonds. The third kappa shape index (κ3) is 2.24. The molecular weight excluding hydrogens is 360 g/mol. The highest BCUT2D eigenvalue weighted by Crippen LogP contribution is 2.38. The molecule has 6 heteroatoms. The van der Waals surface area contributed by atoms with Gasteiger partial charge < -0.3 is 10.6 Å². The fourth-order valence-corrected chi connectivity index (χ4v) is 3.71. The lowest BCUT2D eigenvalue weighted by Crippen LogP contribution is -2.34. The quantitative estimate of drug-likeness (QED) is 0.740. The van der Waals surface area contributed by atoms with E-state index in [-0.39, 0.29) is 5.50 Å². The number of halogens is 1. The summed E-state index contributed by atoms with van der Waals surface area (Å²) >= 11 is 5.08. The minimum absolute atomic E-state index is 0.134. The van der Waals surface area contributed by atoms with Crippen LogP contribution in [-0.4, -0.2) is 14.9 Å². The number of hydrogen-bond acceptors (Lipinski definition) is 4. The standard InChI is InChI=1S/C16H13BrN4S/c17-11-4-6-12(7-5-11)21-14(10-22-16(21)18)13-9-19-15-3-1-2-8-20(13)15/h1-10,16H,18H2. The van der Waals surface area contributed by atoms with Gasteiger partial charge in [-0.05, 0) is 36.4 Å². The summed E-state index contributed by atoms with van der Waals surface area (Å²) in [6.07, 6.45) is 3.92. The smallest absolute Gasteiger partial charge is 0.137 e. The molecule has 1 atom stereocenters. The zero-order valence-corrected chi connectivity index (χ0v) is 14.0. The van der Waals surface area contributed by atoms with Gasteiger partial charge in [-0.25, -0.2) is 4.98 Å². The molecule has 110 valence electrons. The number of thioether (sulfide) groups is 1. The molecular formula is C16H13BrN4S. The van der Waals surface area contributed by atoms with Crippen molar-refractivity contribution >= 4 is 44.7 Å². The van der Waals surface area contributed by atoms with E-state index in [4.69, 9.17) is 5.73 Å². The zero-order chi connectivity index (χ0) is 15.1. The first-order valence-electron chi connectivity index (χ1n) is 6.82. The summed E-state index contributed by atoms with van der Waals surface area (Å²) in [6, 6.07) is 14.2. The minimum atomic E-state index is -0.134. The van der Waals surface area contributed by atoms with Gasteiger partial charge in [0.1, 0.15) is 11.1 Å². The average molecular weight is 373 g/mol. The topological polar surface area (TPSA) is 46.6 Å². The van der Waals surface area contributed by atoms with E-state index >= 15 is 0 Å². The number of nitrogens with zero attached hydrogens (tertiary/aromatic N) is 3. The molecule has 2 N–H and O–H groups in total. The number of anilines is 1. The van der Waals surface area contributed by atoms with Crippen LogP contribution < -0.4 is 10.6 Å². The van der Waals surface area contributed by atoms with Gasteiger partial charge in [-0.2, -0.15) is 0 Å². The maximum Gasteiger partial charge on any atom is 0.137 e. The highest BCUT2D eigenvalue weighted by molar-refractivity contribution is 9.10.